The van der Waals surface area contributed by atoms with Crippen LogP contribution in [0.15, 0.2) is 24.3 Å². The number of carbonyl (C=O) groups excluding carboxylic acids is 1. The third-order valence-corrected chi connectivity index (χ3v) is 3.87. The lowest BCUT2D eigenvalue weighted by Gasteiger charge is -2.15. The van der Waals surface area contributed by atoms with Gasteiger partial charge in [-0.3, -0.25) is 4.79 Å². The van der Waals surface area contributed by atoms with Gasteiger partial charge >= 0.3 is 5.97 Å². The molecule has 2 aromatic rings. The van der Waals surface area contributed by atoms with Crippen LogP contribution in [-0.2, 0) is 4.79 Å². The molecule has 0 spiro atoms. The van der Waals surface area contributed by atoms with Crippen molar-refractivity contribution >= 4 is 34.0 Å². The fraction of sp³-hybridized carbons (Fsp3) is 0.267. The summed E-state index contributed by atoms with van der Waals surface area (Å²) in [5.41, 5.74) is 6.58. The maximum Gasteiger partial charge on any atom is 0.348 e. The second kappa shape index (κ2) is 5.76. The Bertz CT molecular complexity index is 715. The summed E-state index contributed by atoms with van der Waals surface area (Å²) in [6, 6.07) is 6.75. The molecule has 22 heavy (non-hydrogen) atoms. The number of carbonyl (C=O) groups is 2. The molecule has 0 aliphatic rings. The number of carboxylic acids is 1. The summed E-state index contributed by atoms with van der Waals surface area (Å²) in [6.07, 6.45) is 0. The normalized spacial score (nSPS) is 11.2. The predicted molar refractivity (Wildman–Crippen MR) is 87.0 cm³/mol. The summed E-state index contributed by atoms with van der Waals surface area (Å²) in [7, 11) is 0. The fourth-order valence-corrected chi connectivity index (χ4v) is 2.46. The molecule has 0 saturated carbocycles. The lowest BCUT2D eigenvalue weighted by atomic mass is 9.96. The maximum atomic E-state index is 12.0. The molecule has 6 nitrogen and oxygen atoms in total. The van der Waals surface area contributed by atoms with E-state index in [-0.39, 0.29) is 15.9 Å². The number of hydrogen-bond acceptors (Lipinski definition) is 5. The highest BCUT2D eigenvalue weighted by Crippen LogP contribution is 2.32. The van der Waals surface area contributed by atoms with E-state index in [0.717, 1.165) is 11.3 Å². The van der Waals surface area contributed by atoms with E-state index in [1.54, 1.807) is 45.0 Å². The molecule has 1 heterocycles. The van der Waals surface area contributed by atoms with Crippen molar-refractivity contribution in [1.82, 2.24) is 4.98 Å². The van der Waals surface area contributed by atoms with Crippen molar-refractivity contribution in [2.75, 3.05) is 11.1 Å². The highest BCUT2D eigenvalue weighted by Gasteiger charge is 2.25. The Morgan fingerprint density at radius 2 is 1.82 bits per heavy atom. The monoisotopic (exact) mass is 319 g/mol. The molecule has 0 aliphatic heterocycles. The SMILES string of the molecule is CC(C)(C)C(=O)Nc1nc(-c2ccc(N)cc2)c(C(=O)O)s1. The summed E-state index contributed by atoms with van der Waals surface area (Å²) in [5, 5.41) is 12.2. The second-order valence-corrected chi connectivity index (χ2v) is 6.83. The quantitative estimate of drug-likeness (QED) is 0.754. The van der Waals surface area contributed by atoms with Crippen LogP contribution in [0.25, 0.3) is 11.3 Å². The van der Waals surface area contributed by atoms with Crippen molar-refractivity contribution in [2.45, 2.75) is 20.8 Å². The average molecular weight is 319 g/mol. The van der Waals surface area contributed by atoms with Crippen molar-refractivity contribution < 1.29 is 14.7 Å². The van der Waals surface area contributed by atoms with Gasteiger partial charge in [-0.1, -0.05) is 44.2 Å². The standard InChI is InChI=1S/C15H17N3O3S/c1-15(2,3)13(21)18-14-17-10(11(22-14)12(19)20)8-4-6-9(16)7-5-8/h4-7H,16H2,1-3H3,(H,19,20)(H,17,18,21). The zero-order chi connectivity index (χ0) is 16.5. The van der Waals surface area contributed by atoms with Crippen molar-refractivity contribution in [2.24, 2.45) is 5.41 Å². The molecule has 116 valence electrons. The van der Waals surface area contributed by atoms with Crippen molar-refractivity contribution in [3.05, 3.63) is 29.1 Å². The smallest absolute Gasteiger partial charge is 0.348 e. The summed E-state index contributed by atoms with van der Waals surface area (Å²) < 4.78 is 0. The van der Waals surface area contributed by atoms with Crippen LogP contribution < -0.4 is 11.1 Å². The molecule has 0 saturated heterocycles. The van der Waals surface area contributed by atoms with Gasteiger partial charge in [-0.2, -0.15) is 0 Å². The molecule has 1 aromatic heterocycles. The number of rotatable bonds is 3. The Morgan fingerprint density at radius 1 is 1.23 bits per heavy atom. The number of nitrogen functional groups attached to an aromatic ring is 1. The number of nitrogens with one attached hydrogen (secondary N) is 1. The van der Waals surface area contributed by atoms with Crippen LogP contribution >= 0.6 is 11.3 Å². The third kappa shape index (κ3) is 3.43. The molecule has 0 atom stereocenters. The van der Waals surface area contributed by atoms with Gasteiger partial charge in [0, 0.05) is 16.7 Å². The van der Waals surface area contributed by atoms with Gasteiger partial charge in [-0.15, -0.1) is 0 Å². The molecular formula is C15H17N3O3S. The maximum absolute atomic E-state index is 12.0. The number of nitrogens with two attached hydrogens (primary N) is 1. The number of aromatic nitrogens is 1. The van der Waals surface area contributed by atoms with E-state index in [1.807, 2.05) is 0 Å². The van der Waals surface area contributed by atoms with Gasteiger partial charge in [0.2, 0.25) is 5.91 Å². The highest BCUT2D eigenvalue weighted by molar-refractivity contribution is 7.18. The van der Waals surface area contributed by atoms with Crippen LogP contribution in [0.2, 0.25) is 0 Å². The van der Waals surface area contributed by atoms with Gasteiger partial charge in [0.05, 0.1) is 5.69 Å². The van der Waals surface area contributed by atoms with Gasteiger partial charge < -0.3 is 16.2 Å². The minimum Gasteiger partial charge on any atom is -0.477 e. The zero-order valence-corrected chi connectivity index (χ0v) is 13.3. The first kappa shape index (κ1) is 16.0. The van der Waals surface area contributed by atoms with E-state index in [0.29, 0.717) is 16.9 Å². The average Bonchev–Trinajstić information content (AvgIpc) is 2.82. The molecule has 2 rings (SSSR count). The predicted octanol–water partition coefficient (Wildman–Crippen LogP) is 3.08. The minimum atomic E-state index is -1.08. The molecule has 0 aliphatic carbocycles. The number of anilines is 2. The zero-order valence-electron chi connectivity index (χ0n) is 12.5. The summed E-state index contributed by atoms with van der Waals surface area (Å²) in [6.45, 7) is 5.32. The molecule has 0 radical (unpaired) electrons. The van der Waals surface area contributed by atoms with Crippen LogP contribution in [0.4, 0.5) is 10.8 Å². The van der Waals surface area contributed by atoms with E-state index < -0.39 is 11.4 Å². The minimum absolute atomic E-state index is 0.0778. The number of benzene rings is 1. The van der Waals surface area contributed by atoms with Crippen LogP contribution in [0.5, 0.6) is 0 Å². The molecule has 0 unspecified atom stereocenters. The van der Waals surface area contributed by atoms with E-state index in [9.17, 15) is 14.7 Å². The van der Waals surface area contributed by atoms with Crippen LogP contribution in [-0.4, -0.2) is 22.0 Å². The van der Waals surface area contributed by atoms with E-state index in [4.69, 9.17) is 5.73 Å². The van der Waals surface area contributed by atoms with Crippen molar-refractivity contribution in [3.63, 3.8) is 0 Å². The van der Waals surface area contributed by atoms with Crippen LogP contribution in [0.3, 0.4) is 0 Å². The Labute approximate surface area is 132 Å². The van der Waals surface area contributed by atoms with E-state index >= 15 is 0 Å². The topological polar surface area (TPSA) is 105 Å². The molecule has 4 N–H and O–H groups in total. The number of carboxylic acid groups (broad SMARTS) is 1. The van der Waals surface area contributed by atoms with Gasteiger partial charge in [-0.25, -0.2) is 9.78 Å². The molecule has 7 heteroatoms. The van der Waals surface area contributed by atoms with Crippen molar-refractivity contribution in [3.8, 4) is 11.3 Å². The fourth-order valence-electron chi connectivity index (χ4n) is 1.64. The van der Waals surface area contributed by atoms with E-state index in [1.165, 1.54) is 0 Å². The van der Waals surface area contributed by atoms with Gasteiger partial charge in [0.1, 0.15) is 4.88 Å². The van der Waals surface area contributed by atoms with E-state index in [2.05, 4.69) is 10.3 Å². The Morgan fingerprint density at radius 3 is 2.32 bits per heavy atom. The number of hydrogen-bond donors (Lipinski definition) is 3. The van der Waals surface area contributed by atoms with Gasteiger partial charge in [-0.05, 0) is 12.1 Å². The summed E-state index contributed by atoms with van der Waals surface area (Å²) in [4.78, 5) is 27.7. The number of aromatic carboxylic acids is 1. The molecule has 0 bridgehead atoms. The number of amides is 1. The molecular weight excluding hydrogens is 302 g/mol. The first-order chi connectivity index (χ1) is 10.2. The largest absolute Gasteiger partial charge is 0.477 e. The van der Waals surface area contributed by atoms with Gasteiger partial charge in [0.25, 0.3) is 0 Å². The van der Waals surface area contributed by atoms with Gasteiger partial charge in [0.15, 0.2) is 5.13 Å². The second-order valence-electron chi connectivity index (χ2n) is 5.83. The van der Waals surface area contributed by atoms with Crippen LogP contribution in [0.1, 0.15) is 30.4 Å². The lowest BCUT2D eigenvalue weighted by Crippen LogP contribution is -2.27. The number of nitrogens with zero attached hydrogens (tertiary/aromatic N) is 1. The van der Waals surface area contributed by atoms with Crippen molar-refractivity contribution in [1.29, 1.82) is 0 Å². The summed E-state index contributed by atoms with van der Waals surface area (Å²) in [5.74, 6) is -1.30. The van der Waals surface area contributed by atoms with Crippen LogP contribution in [0, 0.1) is 5.41 Å². The number of thiazole rings is 1. The first-order valence-corrected chi connectivity index (χ1v) is 7.41. The molecule has 1 amide bonds. The highest BCUT2D eigenvalue weighted by atomic mass is 32.1. The lowest BCUT2D eigenvalue weighted by molar-refractivity contribution is -0.123. The Balaban J connectivity index is 2.40. The first-order valence-electron chi connectivity index (χ1n) is 6.60. The summed E-state index contributed by atoms with van der Waals surface area (Å²) >= 11 is 0.937. The molecule has 0 fully saturated rings. The Hall–Kier alpha value is -2.41. The third-order valence-electron chi connectivity index (χ3n) is 2.91. The Kier molecular flexibility index (Phi) is 4.18. The molecule has 1 aromatic carbocycles.